The summed E-state index contributed by atoms with van der Waals surface area (Å²) in [6, 6.07) is 16.0. The number of aliphatic hydroxyl groups is 1. The summed E-state index contributed by atoms with van der Waals surface area (Å²) in [6.45, 7) is 1.54. The number of halogens is 1. The maximum absolute atomic E-state index is 12.3. The van der Waals surface area contributed by atoms with Gasteiger partial charge in [0.25, 0.3) is 0 Å². The Morgan fingerprint density at radius 1 is 1.09 bits per heavy atom. The Hall–Kier alpha value is -1.40. The quantitative estimate of drug-likeness (QED) is 0.804. The molecule has 0 aliphatic rings. The highest BCUT2D eigenvalue weighted by atomic mass is 35.5. The van der Waals surface area contributed by atoms with Crippen molar-refractivity contribution in [3.8, 4) is 0 Å². The molecule has 4 nitrogen and oxygen atoms in total. The summed E-state index contributed by atoms with van der Waals surface area (Å²) in [4.78, 5) is 0.0144. The Balaban J connectivity index is 1.97. The van der Waals surface area contributed by atoms with Crippen molar-refractivity contribution < 1.29 is 13.5 Å². The minimum Gasteiger partial charge on any atom is -0.389 e. The molecular formula is C17H20ClNO3S. The van der Waals surface area contributed by atoms with E-state index in [1.807, 2.05) is 30.3 Å². The molecule has 0 bridgehead atoms. The maximum Gasteiger partial charge on any atom is 0.242 e. The summed E-state index contributed by atoms with van der Waals surface area (Å²) in [7, 11) is -3.75. The van der Waals surface area contributed by atoms with Gasteiger partial charge in [0, 0.05) is 6.54 Å². The largest absolute Gasteiger partial charge is 0.389 e. The number of hydrogen-bond acceptors (Lipinski definition) is 3. The van der Waals surface area contributed by atoms with Crippen LogP contribution >= 0.6 is 11.6 Å². The minimum atomic E-state index is -3.75. The number of benzene rings is 2. The summed E-state index contributed by atoms with van der Waals surface area (Å²) in [5.74, 6) is 0. The first-order valence-corrected chi connectivity index (χ1v) is 9.17. The Bertz CT molecular complexity index is 745. The smallest absolute Gasteiger partial charge is 0.242 e. The molecule has 0 aliphatic heterocycles. The molecule has 124 valence electrons. The number of hydrogen-bond donors (Lipinski definition) is 2. The van der Waals surface area contributed by atoms with Gasteiger partial charge in [0.1, 0.15) is 4.90 Å². The van der Waals surface area contributed by atoms with Gasteiger partial charge in [0.15, 0.2) is 0 Å². The van der Waals surface area contributed by atoms with E-state index in [4.69, 9.17) is 11.6 Å². The molecule has 0 amide bonds. The number of nitrogens with one attached hydrogen (secondary N) is 1. The summed E-state index contributed by atoms with van der Waals surface area (Å²) in [5.41, 5.74) is -0.0498. The molecule has 1 atom stereocenters. The third-order valence-corrected chi connectivity index (χ3v) is 5.47. The van der Waals surface area contributed by atoms with Crippen molar-refractivity contribution in [2.45, 2.75) is 30.3 Å². The molecular weight excluding hydrogens is 334 g/mol. The van der Waals surface area contributed by atoms with Crippen molar-refractivity contribution in [3.63, 3.8) is 0 Å². The third-order valence-electron chi connectivity index (χ3n) is 3.56. The Kier molecular flexibility index (Phi) is 5.81. The SMILES string of the molecule is CC(O)(CCc1ccccc1)CNS(=O)(=O)c1ccccc1Cl. The summed E-state index contributed by atoms with van der Waals surface area (Å²) < 4.78 is 27.0. The van der Waals surface area contributed by atoms with E-state index < -0.39 is 15.6 Å². The molecule has 2 rings (SSSR count). The molecule has 2 aromatic carbocycles. The number of sulfonamides is 1. The van der Waals surface area contributed by atoms with Crippen LogP contribution in [0, 0.1) is 0 Å². The van der Waals surface area contributed by atoms with Crippen molar-refractivity contribution >= 4 is 21.6 Å². The van der Waals surface area contributed by atoms with Crippen molar-refractivity contribution in [2.75, 3.05) is 6.54 Å². The molecule has 0 aliphatic carbocycles. The number of rotatable bonds is 7. The predicted octanol–water partition coefficient (Wildman–Crippen LogP) is 3.00. The normalized spacial score (nSPS) is 14.4. The molecule has 0 saturated carbocycles. The van der Waals surface area contributed by atoms with E-state index in [1.165, 1.54) is 12.1 Å². The number of aryl methyl sites for hydroxylation is 1. The fourth-order valence-corrected chi connectivity index (χ4v) is 3.82. The van der Waals surface area contributed by atoms with E-state index in [1.54, 1.807) is 19.1 Å². The Labute approximate surface area is 142 Å². The lowest BCUT2D eigenvalue weighted by atomic mass is 9.97. The van der Waals surface area contributed by atoms with Crippen molar-refractivity contribution in [1.29, 1.82) is 0 Å². The summed E-state index contributed by atoms with van der Waals surface area (Å²) in [6.07, 6.45) is 1.11. The van der Waals surface area contributed by atoms with E-state index in [-0.39, 0.29) is 16.5 Å². The van der Waals surface area contributed by atoms with Gasteiger partial charge in [-0.1, -0.05) is 54.1 Å². The second kappa shape index (κ2) is 7.45. The van der Waals surface area contributed by atoms with Crippen LogP contribution in [0.1, 0.15) is 18.9 Å². The fraction of sp³-hybridized carbons (Fsp3) is 0.294. The Morgan fingerprint density at radius 3 is 2.35 bits per heavy atom. The molecule has 0 heterocycles. The second-order valence-corrected chi connectivity index (χ2v) is 7.88. The van der Waals surface area contributed by atoms with Gasteiger partial charge in [-0.2, -0.15) is 0 Å². The van der Waals surface area contributed by atoms with Gasteiger partial charge < -0.3 is 5.11 Å². The van der Waals surface area contributed by atoms with E-state index >= 15 is 0 Å². The molecule has 1 unspecified atom stereocenters. The molecule has 2 N–H and O–H groups in total. The second-order valence-electron chi connectivity index (χ2n) is 5.74. The lowest BCUT2D eigenvalue weighted by Gasteiger charge is -2.23. The monoisotopic (exact) mass is 353 g/mol. The van der Waals surface area contributed by atoms with E-state index in [0.717, 1.165) is 5.56 Å². The average molecular weight is 354 g/mol. The lowest BCUT2D eigenvalue weighted by molar-refractivity contribution is 0.0565. The van der Waals surface area contributed by atoms with Crippen molar-refractivity contribution in [1.82, 2.24) is 4.72 Å². The van der Waals surface area contributed by atoms with Crippen LogP contribution in [0.15, 0.2) is 59.5 Å². The zero-order valence-electron chi connectivity index (χ0n) is 12.9. The average Bonchev–Trinajstić information content (AvgIpc) is 2.53. The van der Waals surface area contributed by atoms with Gasteiger partial charge >= 0.3 is 0 Å². The van der Waals surface area contributed by atoms with Gasteiger partial charge in [-0.05, 0) is 37.5 Å². The summed E-state index contributed by atoms with van der Waals surface area (Å²) in [5, 5.41) is 10.6. The summed E-state index contributed by atoms with van der Waals surface area (Å²) >= 11 is 5.92. The fourth-order valence-electron chi connectivity index (χ4n) is 2.14. The van der Waals surface area contributed by atoms with Crippen LogP contribution in [0.25, 0.3) is 0 Å². The molecule has 0 spiro atoms. The standard InChI is InChI=1S/C17H20ClNO3S/c1-17(20,12-11-14-7-3-2-4-8-14)13-19-23(21,22)16-10-6-5-9-15(16)18/h2-10,19-20H,11-13H2,1H3. The van der Waals surface area contributed by atoms with Crippen LogP contribution in [-0.4, -0.2) is 25.7 Å². The molecule has 0 radical (unpaired) electrons. The molecule has 23 heavy (non-hydrogen) atoms. The topological polar surface area (TPSA) is 66.4 Å². The van der Waals surface area contributed by atoms with Gasteiger partial charge in [-0.15, -0.1) is 0 Å². The molecule has 0 fully saturated rings. The molecule has 0 aromatic heterocycles. The first kappa shape index (κ1) is 17.9. The highest BCUT2D eigenvalue weighted by molar-refractivity contribution is 7.89. The third kappa shape index (κ3) is 5.32. The van der Waals surface area contributed by atoms with E-state index in [9.17, 15) is 13.5 Å². The van der Waals surface area contributed by atoms with E-state index in [2.05, 4.69) is 4.72 Å². The maximum atomic E-state index is 12.3. The van der Waals surface area contributed by atoms with Gasteiger partial charge in [0.05, 0.1) is 10.6 Å². The van der Waals surface area contributed by atoms with Crippen molar-refractivity contribution in [3.05, 3.63) is 65.2 Å². The highest BCUT2D eigenvalue weighted by Crippen LogP contribution is 2.21. The molecule has 0 saturated heterocycles. The van der Waals surface area contributed by atoms with E-state index in [0.29, 0.717) is 12.8 Å². The van der Waals surface area contributed by atoms with Crippen LogP contribution in [0.2, 0.25) is 5.02 Å². The minimum absolute atomic E-state index is 0.0144. The van der Waals surface area contributed by atoms with Crippen molar-refractivity contribution in [2.24, 2.45) is 0 Å². The van der Waals surface area contributed by atoms with Crippen LogP contribution in [0.5, 0.6) is 0 Å². The van der Waals surface area contributed by atoms with Gasteiger partial charge in [0.2, 0.25) is 10.0 Å². The zero-order valence-corrected chi connectivity index (χ0v) is 14.4. The highest BCUT2D eigenvalue weighted by Gasteiger charge is 2.25. The van der Waals surface area contributed by atoms with Gasteiger partial charge in [-0.3, -0.25) is 0 Å². The molecule has 6 heteroatoms. The van der Waals surface area contributed by atoms with Gasteiger partial charge in [-0.25, -0.2) is 13.1 Å². The zero-order chi connectivity index (χ0) is 16.9. The molecule has 2 aromatic rings. The first-order chi connectivity index (χ1) is 10.8. The van der Waals surface area contributed by atoms with Crippen LogP contribution in [0.4, 0.5) is 0 Å². The van der Waals surface area contributed by atoms with Crippen LogP contribution < -0.4 is 4.72 Å². The predicted molar refractivity (Wildman–Crippen MR) is 92.0 cm³/mol. The lowest BCUT2D eigenvalue weighted by Crippen LogP contribution is -2.41. The Morgan fingerprint density at radius 2 is 1.70 bits per heavy atom. The van der Waals surface area contributed by atoms with Crippen LogP contribution in [0.3, 0.4) is 0 Å². The first-order valence-electron chi connectivity index (χ1n) is 7.31. The van der Waals surface area contributed by atoms with Crippen LogP contribution in [-0.2, 0) is 16.4 Å².